The molecule has 2 aromatic heterocycles. The van der Waals surface area contributed by atoms with Crippen LogP contribution in [0.2, 0.25) is 0 Å². The van der Waals surface area contributed by atoms with Crippen LogP contribution in [0.1, 0.15) is 22.3 Å². The van der Waals surface area contributed by atoms with E-state index in [1.54, 1.807) is 0 Å². The summed E-state index contributed by atoms with van der Waals surface area (Å²) < 4.78 is 4.84. The molecule has 1 spiro atoms. The minimum Gasteiger partial charge on any atom is -0.309 e. The van der Waals surface area contributed by atoms with Gasteiger partial charge in [-0.2, -0.15) is 0 Å². The van der Waals surface area contributed by atoms with Crippen molar-refractivity contribution in [1.29, 1.82) is 0 Å². The smallest absolute Gasteiger partial charge is 0.145 e. The average Bonchev–Trinajstić information content (AvgIpc) is 3.79. The van der Waals surface area contributed by atoms with E-state index < -0.39 is 5.41 Å². The number of fused-ring (bicyclic) bond motifs is 12. The van der Waals surface area contributed by atoms with Gasteiger partial charge in [0, 0.05) is 22.0 Å². The van der Waals surface area contributed by atoms with Crippen molar-refractivity contribution in [2.24, 2.45) is 0 Å². The normalized spacial score (nSPS) is 15.7. The molecule has 3 heterocycles. The molecule has 3 heteroatoms. The molecular weight excluding hydrogens is 571 g/mol. The lowest BCUT2D eigenvalue weighted by Gasteiger charge is -2.39. The highest BCUT2D eigenvalue weighted by Gasteiger charge is 2.51. The van der Waals surface area contributed by atoms with Crippen LogP contribution in [0, 0.1) is 0 Å². The fraction of sp³-hybridized carbons (Fsp3) is 0.0227. The van der Waals surface area contributed by atoms with Gasteiger partial charge in [-0.25, -0.2) is 4.98 Å². The maximum absolute atomic E-state index is 5.31. The van der Waals surface area contributed by atoms with Crippen molar-refractivity contribution in [2.75, 3.05) is 0 Å². The van der Waals surface area contributed by atoms with E-state index in [0.717, 1.165) is 16.9 Å². The molecule has 1 atom stereocenters. The fourth-order valence-electron chi connectivity index (χ4n) is 8.76. The molecule has 0 saturated heterocycles. The zero-order chi connectivity index (χ0) is 30.7. The predicted octanol–water partition coefficient (Wildman–Crippen LogP) is 10.5. The second-order valence-electron chi connectivity index (χ2n) is 12.7. The van der Waals surface area contributed by atoms with Gasteiger partial charge >= 0.3 is 0 Å². The minimum atomic E-state index is -0.513. The van der Waals surface area contributed by atoms with Crippen LogP contribution < -0.4 is 0 Å². The third-order valence-electron chi connectivity index (χ3n) is 10.5. The molecule has 7 aromatic carbocycles. The fourth-order valence-corrected chi connectivity index (χ4v) is 8.76. The van der Waals surface area contributed by atoms with Gasteiger partial charge in [0.05, 0.1) is 33.2 Å². The molecule has 1 unspecified atom stereocenters. The third-order valence-corrected chi connectivity index (χ3v) is 10.5. The first-order valence-corrected chi connectivity index (χ1v) is 16.2. The Morgan fingerprint density at radius 3 is 1.89 bits per heavy atom. The SMILES string of the molecule is c1ccc(-c2nc3cccc4c3n2-c2ccccc2C42c3ccccc3-c3ccc(-n4c5ccccc5c5ccccc54)cc32)cc1. The van der Waals surface area contributed by atoms with Crippen LogP contribution in [0.15, 0.2) is 164 Å². The maximum Gasteiger partial charge on any atom is 0.145 e. The van der Waals surface area contributed by atoms with Crippen molar-refractivity contribution in [3.05, 3.63) is 186 Å². The predicted molar refractivity (Wildman–Crippen MR) is 192 cm³/mol. The van der Waals surface area contributed by atoms with Crippen LogP contribution in [-0.4, -0.2) is 14.1 Å². The van der Waals surface area contributed by atoms with E-state index in [0.29, 0.717) is 0 Å². The van der Waals surface area contributed by atoms with Crippen molar-refractivity contribution < 1.29 is 0 Å². The Labute approximate surface area is 271 Å². The number of aromatic nitrogens is 3. The van der Waals surface area contributed by atoms with E-state index in [4.69, 9.17) is 4.98 Å². The number of imidazole rings is 1. The van der Waals surface area contributed by atoms with Gasteiger partial charge in [-0.3, -0.25) is 4.57 Å². The monoisotopic (exact) mass is 597 g/mol. The summed E-state index contributed by atoms with van der Waals surface area (Å²) in [6.07, 6.45) is 0. The van der Waals surface area contributed by atoms with Gasteiger partial charge in [0.25, 0.3) is 0 Å². The van der Waals surface area contributed by atoms with Crippen molar-refractivity contribution in [3.8, 4) is 33.9 Å². The van der Waals surface area contributed by atoms with Gasteiger partial charge in [-0.15, -0.1) is 0 Å². The quantitative estimate of drug-likeness (QED) is 0.194. The van der Waals surface area contributed by atoms with E-state index in [9.17, 15) is 0 Å². The van der Waals surface area contributed by atoms with E-state index in [1.807, 2.05) is 0 Å². The number of rotatable bonds is 2. The Kier molecular flexibility index (Phi) is 4.78. The van der Waals surface area contributed by atoms with Gasteiger partial charge in [-0.05, 0) is 69.8 Å². The van der Waals surface area contributed by atoms with E-state index >= 15 is 0 Å². The summed E-state index contributed by atoms with van der Waals surface area (Å²) >= 11 is 0. The van der Waals surface area contributed by atoms with Gasteiger partial charge in [0.2, 0.25) is 0 Å². The number of hydrogen-bond donors (Lipinski definition) is 0. The van der Waals surface area contributed by atoms with Crippen molar-refractivity contribution in [2.45, 2.75) is 5.41 Å². The Bertz CT molecular complexity index is 2690. The Morgan fingerprint density at radius 1 is 0.447 bits per heavy atom. The minimum absolute atomic E-state index is 0.513. The van der Waals surface area contributed by atoms with Crippen LogP contribution in [-0.2, 0) is 5.41 Å². The summed E-state index contributed by atoms with van der Waals surface area (Å²) in [6.45, 7) is 0. The van der Waals surface area contributed by atoms with Crippen LogP contribution in [0.3, 0.4) is 0 Å². The summed E-state index contributed by atoms with van der Waals surface area (Å²) in [5.41, 5.74) is 15.3. The number of para-hydroxylation sites is 4. The highest BCUT2D eigenvalue weighted by molar-refractivity contribution is 6.09. The molecule has 0 fully saturated rings. The molecule has 11 rings (SSSR count). The standard InChI is InChI=1S/C44H27N3/c1-2-13-28(14-3-1)43-45-38-21-12-20-36-42(38)47(43)41-24-11-8-19-35(41)44(36)34-18-7-4-15-30(34)31-26-25-29(27-37(31)44)46-39-22-9-5-16-32(39)33-17-6-10-23-40(33)46/h1-27H. The first kappa shape index (κ1) is 25.1. The Hall–Kier alpha value is -6.19. The first-order chi connectivity index (χ1) is 23.3. The molecule has 2 aliphatic rings. The lowest BCUT2D eigenvalue weighted by atomic mass is 9.65. The van der Waals surface area contributed by atoms with Crippen molar-refractivity contribution in [1.82, 2.24) is 14.1 Å². The number of hydrogen-bond acceptors (Lipinski definition) is 1. The van der Waals surface area contributed by atoms with E-state index in [2.05, 4.69) is 173 Å². The molecule has 3 nitrogen and oxygen atoms in total. The average molecular weight is 598 g/mol. The van der Waals surface area contributed by atoms with Crippen LogP contribution in [0.4, 0.5) is 0 Å². The van der Waals surface area contributed by atoms with Crippen LogP contribution in [0.25, 0.3) is 66.7 Å². The molecule has 9 aromatic rings. The molecule has 1 aliphatic heterocycles. The molecule has 218 valence electrons. The summed E-state index contributed by atoms with van der Waals surface area (Å²) in [5, 5.41) is 2.54. The largest absolute Gasteiger partial charge is 0.309 e. The molecule has 1 aliphatic carbocycles. The Morgan fingerprint density at radius 2 is 1.09 bits per heavy atom. The third kappa shape index (κ3) is 3.04. The van der Waals surface area contributed by atoms with E-state index in [-0.39, 0.29) is 0 Å². The van der Waals surface area contributed by atoms with Crippen molar-refractivity contribution >= 4 is 32.8 Å². The highest BCUT2D eigenvalue weighted by atomic mass is 15.1. The van der Waals surface area contributed by atoms with Gasteiger partial charge in [-0.1, -0.05) is 127 Å². The Balaban J connectivity index is 1.29. The molecular formula is C44H27N3. The topological polar surface area (TPSA) is 22.8 Å². The maximum atomic E-state index is 5.31. The van der Waals surface area contributed by atoms with Crippen LogP contribution in [0.5, 0.6) is 0 Å². The molecule has 0 radical (unpaired) electrons. The second-order valence-corrected chi connectivity index (χ2v) is 12.7. The highest BCUT2D eigenvalue weighted by Crippen LogP contribution is 2.61. The van der Waals surface area contributed by atoms with E-state index in [1.165, 1.54) is 72.1 Å². The molecule has 0 N–H and O–H groups in total. The summed E-state index contributed by atoms with van der Waals surface area (Å²) in [7, 11) is 0. The second kappa shape index (κ2) is 8.96. The number of nitrogens with zero attached hydrogens (tertiary/aromatic N) is 3. The summed E-state index contributed by atoms with van der Waals surface area (Å²) in [4.78, 5) is 5.31. The molecule has 0 amide bonds. The summed E-state index contributed by atoms with van der Waals surface area (Å²) in [6, 6.07) is 59.9. The molecule has 47 heavy (non-hydrogen) atoms. The molecule has 0 saturated carbocycles. The van der Waals surface area contributed by atoms with Gasteiger partial charge in [0.15, 0.2) is 0 Å². The zero-order valence-electron chi connectivity index (χ0n) is 25.4. The first-order valence-electron chi connectivity index (χ1n) is 16.2. The van der Waals surface area contributed by atoms with Crippen molar-refractivity contribution in [3.63, 3.8) is 0 Å². The lowest BCUT2D eigenvalue weighted by Crippen LogP contribution is -2.33. The zero-order valence-corrected chi connectivity index (χ0v) is 25.4. The number of benzene rings is 7. The van der Waals surface area contributed by atoms with Gasteiger partial charge < -0.3 is 4.57 Å². The molecule has 0 bridgehead atoms. The van der Waals surface area contributed by atoms with Crippen LogP contribution >= 0.6 is 0 Å². The summed E-state index contributed by atoms with van der Waals surface area (Å²) in [5.74, 6) is 0.973. The van der Waals surface area contributed by atoms with Gasteiger partial charge in [0.1, 0.15) is 5.82 Å². The lowest BCUT2D eigenvalue weighted by molar-refractivity contribution is 0.745.